The molecule has 90 valence electrons. The fourth-order valence-corrected chi connectivity index (χ4v) is 1.03. The van der Waals surface area contributed by atoms with Gasteiger partial charge in [0.25, 0.3) is 0 Å². The molecule has 0 saturated carbocycles. The van der Waals surface area contributed by atoms with Crippen molar-refractivity contribution in [1.82, 2.24) is 0 Å². The number of benzene rings is 1. The van der Waals surface area contributed by atoms with Crippen LogP contribution in [0.5, 0.6) is 5.75 Å². The highest BCUT2D eigenvalue weighted by atomic mass is 32.3. The SMILES string of the molecule is C=CCc1cc(O)ccc1C.O=S(=O)(O)O. The smallest absolute Gasteiger partial charge is 0.394 e. The molecule has 0 aliphatic rings. The number of allylic oxidation sites excluding steroid dienone is 1. The van der Waals surface area contributed by atoms with Gasteiger partial charge in [0.2, 0.25) is 0 Å². The van der Waals surface area contributed by atoms with E-state index in [0.717, 1.165) is 12.0 Å². The summed E-state index contributed by atoms with van der Waals surface area (Å²) >= 11 is 0. The topological polar surface area (TPSA) is 94.8 Å². The van der Waals surface area contributed by atoms with Crippen LogP contribution in [0.15, 0.2) is 30.9 Å². The van der Waals surface area contributed by atoms with Crippen molar-refractivity contribution in [2.45, 2.75) is 13.3 Å². The van der Waals surface area contributed by atoms with Gasteiger partial charge in [-0.1, -0.05) is 12.1 Å². The highest BCUT2D eigenvalue weighted by Gasteiger charge is 1.96. The lowest BCUT2D eigenvalue weighted by atomic mass is 10.1. The summed E-state index contributed by atoms with van der Waals surface area (Å²) in [4.78, 5) is 0. The van der Waals surface area contributed by atoms with Gasteiger partial charge < -0.3 is 5.11 Å². The summed E-state index contributed by atoms with van der Waals surface area (Å²) < 4.78 is 31.6. The Labute approximate surface area is 94.6 Å². The highest BCUT2D eigenvalue weighted by molar-refractivity contribution is 7.79. The van der Waals surface area contributed by atoms with Crippen LogP contribution in [0, 0.1) is 6.92 Å². The summed E-state index contributed by atoms with van der Waals surface area (Å²) in [6, 6.07) is 5.38. The molecule has 0 heterocycles. The quantitative estimate of drug-likeness (QED) is 0.546. The molecule has 0 spiro atoms. The molecule has 16 heavy (non-hydrogen) atoms. The van der Waals surface area contributed by atoms with E-state index in [9.17, 15) is 0 Å². The van der Waals surface area contributed by atoms with Crippen LogP contribution in [0.1, 0.15) is 11.1 Å². The van der Waals surface area contributed by atoms with Crippen LogP contribution in [-0.4, -0.2) is 22.6 Å². The molecule has 1 aromatic rings. The molecule has 0 aromatic heterocycles. The molecular formula is C10H14O5S. The summed E-state index contributed by atoms with van der Waals surface area (Å²) in [5.74, 6) is 0.326. The van der Waals surface area contributed by atoms with E-state index in [1.54, 1.807) is 12.1 Å². The van der Waals surface area contributed by atoms with Gasteiger partial charge in [0.1, 0.15) is 5.75 Å². The number of aryl methyl sites for hydroxylation is 1. The molecule has 1 rings (SSSR count). The van der Waals surface area contributed by atoms with E-state index in [2.05, 4.69) is 6.58 Å². The van der Waals surface area contributed by atoms with E-state index in [-0.39, 0.29) is 0 Å². The number of rotatable bonds is 2. The van der Waals surface area contributed by atoms with Gasteiger partial charge >= 0.3 is 10.4 Å². The Balaban J connectivity index is 0.000000385. The highest BCUT2D eigenvalue weighted by Crippen LogP contribution is 2.16. The van der Waals surface area contributed by atoms with E-state index in [1.807, 2.05) is 19.1 Å². The van der Waals surface area contributed by atoms with Gasteiger partial charge in [0.05, 0.1) is 0 Å². The number of phenols is 1. The number of aromatic hydroxyl groups is 1. The molecule has 0 atom stereocenters. The molecule has 0 unspecified atom stereocenters. The minimum absolute atomic E-state index is 0.326. The first-order valence-electron chi connectivity index (χ1n) is 4.33. The first-order valence-corrected chi connectivity index (χ1v) is 5.73. The number of hydrogen-bond acceptors (Lipinski definition) is 3. The van der Waals surface area contributed by atoms with Crippen LogP contribution >= 0.6 is 0 Å². The molecule has 0 fully saturated rings. The molecule has 5 nitrogen and oxygen atoms in total. The molecule has 0 radical (unpaired) electrons. The van der Waals surface area contributed by atoms with E-state index >= 15 is 0 Å². The predicted molar refractivity (Wildman–Crippen MR) is 60.9 cm³/mol. The monoisotopic (exact) mass is 246 g/mol. The Hall–Kier alpha value is -1.37. The zero-order valence-electron chi connectivity index (χ0n) is 8.79. The average Bonchev–Trinajstić information content (AvgIpc) is 2.09. The van der Waals surface area contributed by atoms with Crippen molar-refractivity contribution in [3.05, 3.63) is 42.0 Å². The molecule has 6 heteroatoms. The molecule has 0 saturated heterocycles. The Morgan fingerprint density at radius 3 is 2.31 bits per heavy atom. The van der Waals surface area contributed by atoms with Gasteiger partial charge in [0.15, 0.2) is 0 Å². The van der Waals surface area contributed by atoms with Gasteiger partial charge in [0, 0.05) is 0 Å². The summed E-state index contributed by atoms with van der Waals surface area (Å²) in [6.07, 6.45) is 2.65. The van der Waals surface area contributed by atoms with E-state index in [4.69, 9.17) is 22.6 Å². The van der Waals surface area contributed by atoms with Crippen molar-refractivity contribution < 1.29 is 22.6 Å². The maximum Gasteiger partial charge on any atom is 0.394 e. The maximum absolute atomic E-state index is 9.13. The van der Waals surface area contributed by atoms with Crippen LogP contribution in [0.25, 0.3) is 0 Å². The molecule has 3 N–H and O–H groups in total. The molecule has 0 aliphatic carbocycles. The van der Waals surface area contributed by atoms with Crippen molar-refractivity contribution in [2.75, 3.05) is 0 Å². The zero-order chi connectivity index (χ0) is 12.8. The Bertz CT molecular complexity index is 442. The van der Waals surface area contributed by atoms with Gasteiger partial charge in [-0.3, -0.25) is 9.11 Å². The second kappa shape index (κ2) is 6.26. The van der Waals surface area contributed by atoms with Gasteiger partial charge in [-0.05, 0) is 36.6 Å². The van der Waals surface area contributed by atoms with Crippen LogP contribution in [0.2, 0.25) is 0 Å². The van der Waals surface area contributed by atoms with Gasteiger partial charge in [-0.25, -0.2) is 0 Å². The van der Waals surface area contributed by atoms with Crippen LogP contribution in [0.3, 0.4) is 0 Å². The summed E-state index contributed by atoms with van der Waals surface area (Å²) in [6.45, 7) is 5.67. The normalized spacial score (nSPS) is 10.2. The van der Waals surface area contributed by atoms with E-state index in [1.165, 1.54) is 5.56 Å². The van der Waals surface area contributed by atoms with Crippen LogP contribution in [0.4, 0.5) is 0 Å². The maximum atomic E-state index is 9.13. The zero-order valence-corrected chi connectivity index (χ0v) is 9.61. The third-order valence-corrected chi connectivity index (χ3v) is 1.70. The van der Waals surface area contributed by atoms with Crippen molar-refractivity contribution in [3.8, 4) is 5.75 Å². The Kier molecular flexibility index (Phi) is 5.73. The predicted octanol–water partition coefficient (Wildman–Crippen LogP) is 1.78. The lowest BCUT2D eigenvalue weighted by Gasteiger charge is -2.02. The lowest BCUT2D eigenvalue weighted by Crippen LogP contribution is -1.89. The van der Waals surface area contributed by atoms with Gasteiger partial charge in [-0.2, -0.15) is 8.42 Å². The first kappa shape index (κ1) is 14.6. The van der Waals surface area contributed by atoms with E-state index < -0.39 is 10.4 Å². The fraction of sp³-hybridized carbons (Fsp3) is 0.200. The van der Waals surface area contributed by atoms with Crippen molar-refractivity contribution in [3.63, 3.8) is 0 Å². The number of hydrogen-bond donors (Lipinski definition) is 3. The molecule has 0 bridgehead atoms. The molecule has 0 amide bonds. The molecular weight excluding hydrogens is 232 g/mol. The summed E-state index contributed by atoms with van der Waals surface area (Å²) in [5.41, 5.74) is 2.34. The lowest BCUT2D eigenvalue weighted by molar-refractivity contribution is 0.381. The van der Waals surface area contributed by atoms with Crippen LogP contribution in [-0.2, 0) is 16.8 Å². The summed E-state index contributed by atoms with van der Waals surface area (Å²) in [5, 5.41) is 9.13. The standard InChI is InChI=1S/C10H12O.H2O4S/c1-3-4-9-7-10(11)6-5-8(9)2;1-5(2,3)4/h3,5-7,11H,1,4H2,2H3;(H2,1,2,3,4). The fourth-order valence-electron chi connectivity index (χ4n) is 1.03. The third kappa shape index (κ3) is 7.98. The third-order valence-electron chi connectivity index (χ3n) is 1.70. The van der Waals surface area contributed by atoms with E-state index in [0.29, 0.717) is 5.75 Å². The minimum atomic E-state index is -4.67. The largest absolute Gasteiger partial charge is 0.508 e. The second-order valence-electron chi connectivity index (χ2n) is 3.05. The van der Waals surface area contributed by atoms with Crippen molar-refractivity contribution in [2.24, 2.45) is 0 Å². The molecule has 1 aromatic carbocycles. The average molecular weight is 246 g/mol. The summed E-state index contributed by atoms with van der Waals surface area (Å²) in [7, 11) is -4.67. The minimum Gasteiger partial charge on any atom is -0.508 e. The second-order valence-corrected chi connectivity index (χ2v) is 3.95. The Morgan fingerprint density at radius 1 is 1.38 bits per heavy atom. The van der Waals surface area contributed by atoms with Crippen molar-refractivity contribution in [1.29, 1.82) is 0 Å². The van der Waals surface area contributed by atoms with Crippen molar-refractivity contribution >= 4 is 10.4 Å². The molecule has 0 aliphatic heterocycles. The van der Waals surface area contributed by atoms with Crippen LogP contribution < -0.4 is 0 Å². The van der Waals surface area contributed by atoms with Gasteiger partial charge in [-0.15, -0.1) is 6.58 Å². The first-order chi connectivity index (χ1) is 7.24. The Morgan fingerprint density at radius 2 is 1.88 bits per heavy atom. The number of phenolic OH excluding ortho intramolecular Hbond substituents is 1.